The van der Waals surface area contributed by atoms with E-state index < -0.39 is 0 Å². The van der Waals surface area contributed by atoms with E-state index in [1.807, 2.05) is 26.0 Å². The minimum Gasteiger partial charge on any atom is -0.347 e. The second-order valence-corrected chi connectivity index (χ2v) is 4.38. The second kappa shape index (κ2) is 6.34. The Hall–Kier alpha value is -1.63. The molecule has 0 unspecified atom stereocenters. The zero-order valence-electron chi connectivity index (χ0n) is 11.8. The van der Waals surface area contributed by atoms with Crippen molar-refractivity contribution in [2.75, 3.05) is 36.4 Å². The highest BCUT2D eigenvalue weighted by molar-refractivity contribution is 5.44. The number of nitrogens with one attached hydrogen (secondary N) is 1. The molecule has 1 rings (SSSR count). The van der Waals surface area contributed by atoms with Crippen LogP contribution in [0.2, 0.25) is 0 Å². The maximum Gasteiger partial charge on any atom is 0.243 e. The van der Waals surface area contributed by atoms with Gasteiger partial charge in [-0.25, -0.2) is 5.84 Å². The molecule has 18 heavy (non-hydrogen) atoms. The summed E-state index contributed by atoms with van der Waals surface area (Å²) < 4.78 is 0. The molecule has 0 fully saturated rings. The number of hydrazine groups is 1. The lowest BCUT2D eigenvalue weighted by Gasteiger charge is -2.27. The fraction of sp³-hybridized carbons (Fsp3) is 0.727. The molecule has 0 saturated heterocycles. The highest BCUT2D eigenvalue weighted by Crippen LogP contribution is 2.17. The summed E-state index contributed by atoms with van der Waals surface area (Å²) in [5.74, 6) is 6.99. The molecule has 0 aliphatic rings. The molecular formula is C11H23N7. The molecule has 1 heterocycles. The molecular weight excluding hydrogens is 230 g/mol. The number of nitrogens with zero attached hydrogens (tertiary/aromatic N) is 5. The van der Waals surface area contributed by atoms with Gasteiger partial charge in [0.2, 0.25) is 17.8 Å². The molecule has 102 valence electrons. The van der Waals surface area contributed by atoms with E-state index in [0.717, 1.165) is 12.8 Å². The van der Waals surface area contributed by atoms with Crippen LogP contribution in [-0.2, 0) is 0 Å². The Balaban J connectivity index is 3.10. The van der Waals surface area contributed by atoms with E-state index in [4.69, 9.17) is 5.84 Å². The molecule has 7 heteroatoms. The van der Waals surface area contributed by atoms with Crippen molar-refractivity contribution in [1.29, 1.82) is 0 Å². The van der Waals surface area contributed by atoms with Crippen LogP contribution in [0, 0.1) is 0 Å². The van der Waals surface area contributed by atoms with E-state index in [2.05, 4.69) is 39.1 Å². The number of anilines is 3. The fourth-order valence-electron chi connectivity index (χ4n) is 1.78. The van der Waals surface area contributed by atoms with Crippen molar-refractivity contribution >= 4 is 17.8 Å². The van der Waals surface area contributed by atoms with E-state index in [1.165, 1.54) is 0 Å². The molecule has 0 bridgehead atoms. The van der Waals surface area contributed by atoms with Crippen LogP contribution in [0.25, 0.3) is 0 Å². The van der Waals surface area contributed by atoms with Gasteiger partial charge in [-0.05, 0) is 12.8 Å². The van der Waals surface area contributed by atoms with Crippen LogP contribution in [-0.4, -0.2) is 42.1 Å². The summed E-state index contributed by atoms with van der Waals surface area (Å²) in [6.45, 7) is 4.31. The summed E-state index contributed by atoms with van der Waals surface area (Å²) >= 11 is 0. The van der Waals surface area contributed by atoms with Crippen molar-refractivity contribution in [3.63, 3.8) is 0 Å². The standard InChI is InChI=1S/C11H23N7/c1-6-8(7-2)18(5)11-14-9(16-12)13-10(15-11)17(3)4/h8H,6-7,12H2,1-5H3,(H,13,14,15,16). The van der Waals surface area contributed by atoms with Gasteiger partial charge in [-0.3, -0.25) is 5.43 Å². The van der Waals surface area contributed by atoms with Gasteiger partial charge in [-0.2, -0.15) is 15.0 Å². The molecule has 0 amide bonds. The lowest BCUT2D eigenvalue weighted by molar-refractivity contribution is 0.580. The first-order valence-electron chi connectivity index (χ1n) is 6.16. The first-order chi connectivity index (χ1) is 8.53. The maximum atomic E-state index is 5.39. The highest BCUT2D eigenvalue weighted by atomic mass is 15.4. The zero-order chi connectivity index (χ0) is 13.7. The lowest BCUT2D eigenvalue weighted by Crippen LogP contribution is -2.33. The fourth-order valence-corrected chi connectivity index (χ4v) is 1.78. The molecule has 0 aliphatic carbocycles. The Morgan fingerprint density at radius 1 is 1.06 bits per heavy atom. The van der Waals surface area contributed by atoms with Gasteiger partial charge in [0, 0.05) is 27.2 Å². The van der Waals surface area contributed by atoms with Crippen molar-refractivity contribution < 1.29 is 0 Å². The average molecular weight is 253 g/mol. The molecule has 0 atom stereocenters. The topological polar surface area (TPSA) is 83.2 Å². The van der Waals surface area contributed by atoms with Gasteiger partial charge >= 0.3 is 0 Å². The van der Waals surface area contributed by atoms with Gasteiger partial charge < -0.3 is 9.80 Å². The third-order valence-electron chi connectivity index (χ3n) is 2.95. The van der Waals surface area contributed by atoms with E-state index in [1.54, 1.807) is 0 Å². The van der Waals surface area contributed by atoms with Gasteiger partial charge in [-0.15, -0.1) is 0 Å². The predicted molar refractivity (Wildman–Crippen MR) is 74.7 cm³/mol. The van der Waals surface area contributed by atoms with Crippen LogP contribution in [0.3, 0.4) is 0 Å². The SMILES string of the molecule is CCC(CC)N(C)c1nc(NN)nc(N(C)C)n1. The summed E-state index contributed by atoms with van der Waals surface area (Å²) in [4.78, 5) is 16.8. The van der Waals surface area contributed by atoms with Crippen molar-refractivity contribution in [3.05, 3.63) is 0 Å². The number of hydrogen-bond acceptors (Lipinski definition) is 7. The minimum atomic E-state index is 0.376. The summed E-state index contributed by atoms with van der Waals surface area (Å²) in [6.07, 6.45) is 2.09. The van der Waals surface area contributed by atoms with Gasteiger partial charge in [0.25, 0.3) is 0 Å². The Bertz CT molecular complexity index is 376. The smallest absolute Gasteiger partial charge is 0.243 e. The minimum absolute atomic E-state index is 0.376. The molecule has 7 nitrogen and oxygen atoms in total. The van der Waals surface area contributed by atoms with E-state index >= 15 is 0 Å². The highest BCUT2D eigenvalue weighted by Gasteiger charge is 2.16. The van der Waals surface area contributed by atoms with Crippen LogP contribution in [0.15, 0.2) is 0 Å². The van der Waals surface area contributed by atoms with E-state index in [0.29, 0.717) is 23.9 Å². The van der Waals surface area contributed by atoms with Crippen molar-refractivity contribution in [1.82, 2.24) is 15.0 Å². The Kier molecular flexibility index (Phi) is 5.08. The van der Waals surface area contributed by atoms with Crippen molar-refractivity contribution in [2.24, 2.45) is 5.84 Å². The van der Waals surface area contributed by atoms with Crippen LogP contribution >= 0.6 is 0 Å². The Morgan fingerprint density at radius 2 is 1.61 bits per heavy atom. The lowest BCUT2D eigenvalue weighted by atomic mass is 10.1. The largest absolute Gasteiger partial charge is 0.347 e. The van der Waals surface area contributed by atoms with Crippen molar-refractivity contribution in [3.8, 4) is 0 Å². The van der Waals surface area contributed by atoms with Crippen LogP contribution < -0.4 is 21.1 Å². The average Bonchev–Trinajstić information content (AvgIpc) is 2.39. The molecule has 1 aromatic heterocycles. The van der Waals surface area contributed by atoms with E-state index in [-0.39, 0.29) is 0 Å². The third kappa shape index (κ3) is 3.19. The summed E-state index contributed by atoms with van der Waals surface area (Å²) in [6, 6.07) is 0.410. The Labute approximate surface area is 108 Å². The summed E-state index contributed by atoms with van der Waals surface area (Å²) in [5.41, 5.74) is 2.48. The van der Waals surface area contributed by atoms with Crippen LogP contribution in [0.1, 0.15) is 26.7 Å². The summed E-state index contributed by atoms with van der Waals surface area (Å²) in [7, 11) is 5.76. The number of nitrogens with two attached hydrogens (primary N) is 1. The molecule has 0 aromatic carbocycles. The first kappa shape index (κ1) is 14.4. The van der Waals surface area contributed by atoms with Gasteiger partial charge in [-0.1, -0.05) is 13.8 Å². The Morgan fingerprint density at radius 3 is 2.06 bits per heavy atom. The first-order valence-corrected chi connectivity index (χ1v) is 6.16. The van der Waals surface area contributed by atoms with Gasteiger partial charge in [0.15, 0.2) is 0 Å². The number of nitrogen functional groups attached to an aromatic ring is 1. The molecule has 0 spiro atoms. The second-order valence-electron chi connectivity index (χ2n) is 4.38. The number of hydrogen-bond donors (Lipinski definition) is 2. The monoisotopic (exact) mass is 253 g/mol. The number of rotatable bonds is 6. The zero-order valence-corrected chi connectivity index (χ0v) is 11.8. The number of aromatic nitrogens is 3. The maximum absolute atomic E-state index is 5.39. The van der Waals surface area contributed by atoms with Gasteiger partial charge in [0.1, 0.15) is 0 Å². The molecule has 0 radical (unpaired) electrons. The molecule has 3 N–H and O–H groups in total. The van der Waals surface area contributed by atoms with Crippen molar-refractivity contribution in [2.45, 2.75) is 32.7 Å². The predicted octanol–water partition coefficient (Wildman–Crippen LogP) is 0.848. The quantitative estimate of drug-likeness (QED) is 0.574. The van der Waals surface area contributed by atoms with Crippen LogP contribution in [0.5, 0.6) is 0 Å². The molecule has 1 aromatic rings. The van der Waals surface area contributed by atoms with Gasteiger partial charge in [0.05, 0.1) is 0 Å². The molecule has 0 aliphatic heterocycles. The molecule has 0 saturated carbocycles. The third-order valence-corrected chi connectivity index (χ3v) is 2.95. The van der Waals surface area contributed by atoms with E-state index in [9.17, 15) is 0 Å². The normalized spacial score (nSPS) is 10.6. The van der Waals surface area contributed by atoms with Crippen LogP contribution in [0.4, 0.5) is 17.8 Å². The summed E-state index contributed by atoms with van der Waals surface area (Å²) in [5, 5.41) is 0.